The van der Waals surface area contributed by atoms with Gasteiger partial charge in [0, 0.05) is 5.56 Å². The third kappa shape index (κ3) is 3.40. The van der Waals surface area contributed by atoms with E-state index in [1.807, 2.05) is 30.3 Å². The SMILES string of the molecule is N#Cc1ccc(-c2ccc(OC3CCCCC3)cc2)nc1Cl. The Balaban J connectivity index is 1.73. The lowest BCUT2D eigenvalue weighted by Crippen LogP contribution is -2.19. The van der Waals surface area contributed by atoms with Crippen molar-refractivity contribution >= 4 is 11.6 Å². The minimum Gasteiger partial charge on any atom is -0.490 e. The first-order chi connectivity index (χ1) is 10.8. The molecule has 1 fully saturated rings. The van der Waals surface area contributed by atoms with Crippen molar-refractivity contribution in [2.24, 2.45) is 0 Å². The van der Waals surface area contributed by atoms with Gasteiger partial charge in [-0.3, -0.25) is 0 Å². The van der Waals surface area contributed by atoms with Crippen molar-refractivity contribution in [3.8, 4) is 23.1 Å². The van der Waals surface area contributed by atoms with Gasteiger partial charge in [-0.25, -0.2) is 4.98 Å². The maximum atomic E-state index is 8.88. The first-order valence-corrected chi connectivity index (χ1v) is 7.98. The highest BCUT2D eigenvalue weighted by atomic mass is 35.5. The molecule has 0 N–H and O–H groups in total. The fourth-order valence-electron chi connectivity index (χ4n) is 2.76. The van der Waals surface area contributed by atoms with Crippen LogP contribution in [-0.2, 0) is 0 Å². The van der Waals surface area contributed by atoms with E-state index in [9.17, 15) is 0 Å². The summed E-state index contributed by atoms with van der Waals surface area (Å²) in [5, 5.41) is 9.12. The van der Waals surface area contributed by atoms with Crippen LogP contribution in [0.4, 0.5) is 0 Å². The third-order valence-corrected chi connectivity index (χ3v) is 4.26. The topological polar surface area (TPSA) is 45.9 Å². The van der Waals surface area contributed by atoms with Crippen LogP contribution in [0.1, 0.15) is 37.7 Å². The van der Waals surface area contributed by atoms with E-state index >= 15 is 0 Å². The van der Waals surface area contributed by atoms with Crippen LogP contribution in [0, 0.1) is 11.3 Å². The summed E-state index contributed by atoms with van der Waals surface area (Å²) in [6, 6.07) is 13.4. The van der Waals surface area contributed by atoms with Crippen molar-refractivity contribution in [2.45, 2.75) is 38.2 Å². The molecule has 0 unspecified atom stereocenters. The van der Waals surface area contributed by atoms with Gasteiger partial charge in [-0.15, -0.1) is 0 Å². The fraction of sp³-hybridized carbons (Fsp3) is 0.333. The molecule has 0 bridgehead atoms. The molecule has 1 aliphatic rings. The fourth-order valence-corrected chi connectivity index (χ4v) is 2.95. The number of aromatic nitrogens is 1. The second-order valence-corrected chi connectivity index (χ2v) is 5.91. The normalized spacial score (nSPS) is 15.3. The van der Waals surface area contributed by atoms with E-state index in [0.29, 0.717) is 11.7 Å². The van der Waals surface area contributed by atoms with E-state index in [1.54, 1.807) is 12.1 Å². The molecule has 0 radical (unpaired) electrons. The molecule has 3 nitrogen and oxygen atoms in total. The first kappa shape index (κ1) is 14.9. The van der Waals surface area contributed by atoms with Crippen molar-refractivity contribution in [3.63, 3.8) is 0 Å². The molecular formula is C18H17ClN2O. The number of nitriles is 1. The number of benzene rings is 1. The summed E-state index contributed by atoms with van der Waals surface area (Å²) in [4.78, 5) is 4.26. The van der Waals surface area contributed by atoms with E-state index in [-0.39, 0.29) is 5.15 Å². The molecule has 0 saturated heterocycles. The summed E-state index contributed by atoms with van der Waals surface area (Å²) in [5.41, 5.74) is 2.11. The van der Waals surface area contributed by atoms with Crippen molar-refractivity contribution in [1.29, 1.82) is 5.26 Å². The zero-order chi connectivity index (χ0) is 15.4. The monoisotopic (exact) mass is 312 g/mol. The highest BCUT2D eigenvalue weighted by Gasteiger charge is 2.14. The van der Waals surface area contributed by atoms with Gasteiger partial charge < -0.3 is 4.74 Å². The highest BCUT2D eigenvalue weighted by Crippen LogP contribution is 2.26. The lowest BCUT2D eigenvalue weighted by molar-refractivity contribution is 0.155. The molecule has 0 atom stereocenters. The Bertz CT molecular complexity index is 685. The molecule has 112 valence electrons. The van der Waals surface area contributed by atoms with Crippen molar-refractivity contribution in [1.82, 2.24) is 4.98 Å². The molecule has 1 aromatic heterocycles. The number of pyridine rings is 1. The van der Waals surface area contributed by atoms with E-state index in [2.05, 4.69) is 4.98 Å². The lowest BCUT2D eigenvalue weighted by atomic mass is 9.98. The van der Waals surface area contributed by atoms with Crippen molar-refractivity contribution < 1.29 is 4.74 Å². The summed E-state index contributed by atoms with van der Waals surface area (Å²) < 4.78 is 6.02. The van der Waals surface area contributed by atoms with Gasteiger partial charge in [0.2, 0.25) is 0 Å². The number of nitrogens with zero attached hydrogens (tertiary/aromatic N) is 2. The quantitative estimate of drug-likeness (QED) is 0.750. The highest BCUT2D eigenvalue weighted by molar-refractivity contribution is 6.30. The molecule has 1 aromatic carbocycles. The summed E-state index contributed by atoms with van der Waals surface area (Å²) in [5.74, 6) is 0.899. The molecule has 3 rings (SSSR count). The molecule has 1 heterocycles. The van der Waals surface area contributed by atoms with E-state index in [4.69, 9.17) is 21.6 Å². The van der Waals surface area contributed by atoms with Crippen LogP contribution in [0.15, 0.2) is 36.4 Å². The van der Waals surface area contributed by atoms with Crippen LogP contribution in [0.25, 0.3) is 11.3 Å². The molecular weight excluding hydrogens is 296 g/mol. The van der Waals surface area contributed by atoms with Crippen LogP contribution < -0.4 is 4.74 Å². The van der Waals surface area contributed by atoms with Gasteiger partial charge in [0.25, 0.3) is 0 Å². The van der Waals surface area contributed by atoms with Gasteiger partial charge >= 0.3 is 0 Å². The van der Waals surface area contributed by atoms with E-state index < -0.39 is 0 Å². The first-order valence-electron chi connectivity index (χ1n) is 7.60. The minimum absolute atomic E-state index is 0.238. The molecule has 1 aliphatic carbocycles. The molecule has 1 saturated carbocycles. The Morgan fingerprint density at radius 1 is 1.05 bits per heavy atom. The molecule has 22 heavy (non-hydrogen) atoms. The van der Waals surface area contributed by atoms with Crippen LogP contribution in [-0.4, -0.2) is 11.1 Å². The predicted molar refractivity (Wildman–Crippen MR) is 86.9 cm³/mol. The Hall–Kier alpha value is -2.05. The largest absolute Gasteiger partial charge is 0.490 e. The maximum Gasteiger partial charge on any atom is 0.147 e. The number of halogens is 1. The summed E-state index contributed by atoms with van der Waals surface area (Å²) in [7, 11) is 0. The number of hydrogen-bond acceptors (Lipinski definition) is 3. The Morgan fingerprint density at radius 3 is 2.41 bits per heavy atom. The van der Waals surface area contributed by atoms with E-state index in [0.717, 1.165) is 29.8 Å². The smallest absolute Gasteiger partial charge is 0.147 e. The Labute approximate surface area is 135 Å². The van der Waals surface area contributed by atoms with Crippen molar-refractivity contribution in [2.75, 3.05) is 0 Å². The van der Waals surface area contributed by atoms with Crippen LogP contribution in [0.5, 0.6) is 5.75 Å². The van der Waals surface area contributed by atoms with Crippen LogP contribution >= 0.6 is 11.6 Å². The van der Waals surface area contributed by atoms with Crippen LogP contribution in [0.2, 0.25) is 5.15 Å². The standard InChI is InChI=1S/C18H17ClN2O/c19-18-14(12-20)8-11-17(21-18)13-6-9-16(10-7-13)22-15-4-2-1-3-5-15/h6-11,15H,1-5H2. The zero-order valence-electron chi connectivity index (χ0n) is 12.3. The molecule has 0 spiro atoms. The average molecular weight is 313 g/mol. The van der Waals surface area contributed by atoms with Gasteiger partial charge in [-0.2, -0.15) is 5.26 Å². The van der Waals surface area contributed by atoms with E-state index in [1.165, 1.54) is 19.3 Å². The summed E-state index contributed by atoms with van der Waals surface area (Å²) in [6.45, 7) is 0. The molecule has 4 heteroatoms. The minimum atomic E-state index is 0.238. The molecule has 0 amide bonds. The number of rotatable bonds is 3. The zero-order valence-corrected chi connectivity index (χ0v) is 13.0. The molecule has 0 aliphatic heterocycles. The second-order valence-electron chi connectivity index (χ2n) is 5.55. The average Bonchev–Trinajstić information content (AvgIpc) is 2.56. The maximum absolute atomic E-state index is 8.88. The molecule has 2 aromatic rings. The van der Waals surface area contributed by atoms with Gasteiger partial charge in [-0.1, -0.05) is 18.0 Å². The third-order valence-electron chi connectivity index (χ3n) is 3.97. The van der Waals surface area contributed by atoms with Crippen molar-refractivity contribution in [3.05, 3.63) is 47.1 Å². The van der Waals surface area contributed by atoms with Gasteiger partial charge in [0.1, 0.15) is 17.0 Å². The van der Waals surface area contributed by atoms with Gasteiger partial charge in [0.15, 0.2) is 0 Å². The second kappa shape index (κ2) is 6.81. The summed E-state index contributed by atoms with van der Waals surface area (Å²) >= 11 is 5.98. The lowest BCUT2D eigenvalue weighted by Gasteiger charge is -2.23. The van der Waals surface area contributed by atoms with Gasteiger partial charge in [0.05, 0.1) is 17.4 Å². The van der Waals surface area contributed by atoms with Gasteiger partial charge in [-0.05, 0) is 62.1 Å². The predicted octanol–water partition coefficient (Wildman–Crippen LogP) is 4.99. The number of hydrogen-bond donors (Lipinski definition) is 0. The Morgan fingerprint density at radius 2 is 1.77 bits per heavy atom. The summed E-state index contributed by atoms with van der Waals surface area (Å²) in [6.07, 6.45) is 6.49. The number of ether oxygens (including phenoxy) is 1. The Kier molecular flexibility index (Phi) is 4.60. The van der Waals surface area contributed by atoms with Crippen LogP contribution in [0.3, 0.4) is 0 Å².